The molecular formula is C18H33. The van der Waals surface area contributed by atoms with Crippen molar-refractivity contribution in [2.45, 2.75) is 84.0 Å². The highest BCUT2D eigenvalue weighted by Gasteiger charge is 1.89. The minimum atomic E-state index is 1.05. The van der Waals surface area contributed by atoms with Crippen LogP contribution in [-0.2, 0) is 0 Å². The maximum Gasteiger partial charge on any atom is -0.0348 e. The first kappa shape index (κ1) is 17.5. The van der Waals surface area contributed by atoms with Crippen molar-refractivity contribution in [3.8, 4) is 0 Å². The fourth-order valence-corrected chi connectivity index (χ4v) is 2.01. The molecule has 0 aliphatic carbocycles. The molecule has 0 aromatic heterocycles. The molecule has 18 heavy (non-hydrogen) atoms. The van der Waals surface area contributed by atoms with E-state index in [1.54, 1.807) is 0 Å². The van der Waals surface area contributed by atoms with Gasteiger partial charge in [-0.05, 0) is 25.7 Å². The maximum absolute atomic E-state index is 3.83. The van der Waals surface area contributed by atoms with Crippen LogP contribution in [0.15, 0.2) is 24.3 Å². The predicted octanol–water partition coefficient (Wildman–Crippen LogP) is 6.63. The van der Waals surface area contributed by atoms with Crippen molar-refractivity contribution in [1.82, 2.24) is 0 Å². The third-order valence-corrected chi connectivity index (χ3v) is 3.23. The second-order valence-electron chi connectivity index (χ2n) is 5.12. The highest BCUT2D eigenvalue weighted by molar-refractivity contribution is 5.02. The molecule has 0 amide bonds. The summed E-state index contributed by atoms with van der Waals surface area (Å²) < 4.78 is 0. The van der Waals surface area contributed by atoms with Crippen LogP contribution >= 0.6 is 0 Å². The Morgan fingerprint density at radius 3 is 1.72 bits per heavy atom. The Kier molecular flexibility index (Phi) is 16.0. The lowest BCUT2D eigenvalue weighted by atomic mass is 10.1. The highest BCUT2D eigenvalue weighted by Crippen LogP contribution is 2.09. The molecule has 0 atom stereocenters. The van der Waals surface area contributed by atoms with Crippen molar-refractivity contribution in [1.29, 1.82) is 0 Å². The summed E-state index contributed by atoms with van der Waals surface area (Å²) in [5.74, 6) is 0. The van der Waals surface area contributed by atoms with Crippen LogP contribution in [0.2, 0.25) is 0 Å². The molecule has 0 heteroatoms. The summed E-state index contributed by atoms with van der Waals surface area (Å²) in [5.41, 5.74) is 0. The van der Waals surface area contributed by atoms with Crippen LogP contribution in [0.4, 0.5) is 0 Å². The van der Waals surface area contributed by atoms with E-state index in [-0.39, 0.29) is 0 Å². The number of rotatable bonds is 13. The van der Waals surface area contributed by atoms with Gasteiger partial charge in [0.2, 0.25) is 0 Å². The summed E-state index contributed by atoms with van der Waals surface area (Å²) in [6.07, 6.45) is 24.9. The van der Waals surface area contributed by atoms with Crippen LogP contribution in [0.1, 0.15) is 84.0 Å². The largest absolute Gasteiger partial charge is 0.0845 e. The minimum absolute atomic E-state index is 1.05. The molecule has 0 aromatic carbocycles. The Labute approximate surface area is 116 Å². The van der Waals surface area contributed by atoms with Gasteiger partial charge in [0, 0.05) is 0 Å². The van der Waals surface area contributed by atoms with Crippen molar-refractivity contribution in [3.63, 3.8) is 0 Å². The standard InChI is InChI=1S/C18H33/c1-3-5-7-9-11-13-15-17-18-16-14-12-10-8-6-4-2/h9,11,13,15H,1,3-8,10,12,14,16-18H2,2H3. The van der Waals surface area contributed by atoms with Crippen LogP contribution in [0.25, 0.3) is 0 Å². The van der Waals surface area contributed by atoms with E-state index < -0.39 is 0 Å². The average Bonchev–Trinajstić information content (AvgIpc) is 2.39. The molecule has 0 aliphatic heterocycles. The molecule has 0 unspecified atom stereocenters. The summed E-state index contributed by atoms with van der Waals surface area (Å²) in [6.45, 7) is 6.11. The van der Waals surface area contributed by atoms with Gasteiger partial charge in [-0.2, -0.15) is 0 Å². The highest BCUT2D eigenvalue weighted by atomic mass is 14.0. The topological polar surface area (TPSA) is 0 Å². The molecule has 0 N–H and O–H groups in total. The monoisotopic (exact) mass is 249 g/mol. The van der Waals surface area contributed by atoms with E-state index in [0.29, 0.717) is 0 Å². The first-order chi connectivity index (χ1) is 8.91. The molecule has 0 fully saturated rings. The van der Waals surface area contributed by atoms with Crippen LogP contribution in [0.3, 0.4) is 0 Å². The average molecular weight is 249 g/mol. The molecule has 0 heterocycles. The minimum Gasteiger partial charge on any atom is -0.0845 e. The van der Waals surface area contributed by atoms with E-state index in [1.165, 1.54) is 70.6 Å². The zero-order valence-electron chi connectivity index (χ0n) is 12.5. The van der Waals surface area contributed by atoms with Crippen molar-refractivity contribution in [3.05, 3.63) is 31.2 Å². The molecule has 0 nitrogen and oxygen atoms in total. The molecule has 0 saturated heterocycles. The Balaban J connectivity index is 3.10. The van der Waals surface area contributed by atoms with Gasteiger partial charge in [-0.1, -0.05) is 89.5 Å². The summed E-state index contributed by atoms with van der Waals surface area (Å²) in [6, 6.07) is 0. The van der Waals surface area contributed by atoms with Crippen LogP contribution < -0.4 is 0 Å². The Morgan fingerprint density at radius 2 is 1.17 bits per heavy atom. The molecule has 0 spiro atoms. The second-order valence-corrected chi connectivity index (χ2v) is 5.12. The second kappa shape index (κ2) is 16.5. The van der Waals surface area contributed by atoms with E-state index in [2.05, 4.69) is 38.2 Å². The van der Waals surface area contributed by atoms with Crippen molar-refractivity contribution in [2.75, 3.05) is 0 Å². The summed E-state index contributed by atoms with van der Waals surface area (Å²) in [5, 5.41) is 0. The lowest BCUT2D eigenvalue weighted by molar-refractivity contribution is 0.577. The van der Waals surface area contributed by atoms with Gasteiger partial charge >= 0.3 is 0 Å². The van der Waals surface area contributed by atoms with E-state index in [4.69, 9.17) is 0 Å². The molecular weight excluding hydrogens is 216 g/mol. The Bertz CT molecular complexity index is 188. The fourth-order valence-electron chi connectivity index (χ4n) is 2.01. The number of allylic oxidation sites excluding steroid dienone is 4. The smallest absolute Gasteiger partial charge is 0.0348 e. The molecule has 0 bridgehead atoms. The lowest BCUT2D eigenvalue weighted by Crippen LogP contribution is -1.79. The van der Waals surface area contributed by atoms with E-state index in [9.17, 15) is 0 Å². The zero-order valence-corrected chi connectivity index (χ0v) is 12.5. The Hall–Kier alpha value is -0.520. The summed E-state index contributed by atoms with van der Waals surface area (Å²) in [7, 11) is 0. The first-order valence-electron chi connectivity index (χ1n) is 8.02. The zero-order chi connectivity index (χ0) is 13.3. The third kappa shape index (κ3) is 15.5. The third-order valence-electron chi connectivity index (χ3n) is 3.23. The van der Waals surface area contributed by atoms with Crippen molar-refractivity contribution >= 4 is 0 Å². The lowest BCUT2D eigenvalue weighted by Gasteiger charge is -1.99. The van der Waals surface area contributed by atoms with Crippen LogP contribution in [-0.4, -0.2) is 0 Å². The maximum atomic E-state index is 3.83. The molecule has 105 valence electrons. The quantitative estimate of drug-likeness (QED) is 0.254. The van der Waals surface area contributed by atoms with Crippen molar-refractivity contribution in [2.24, 2.45) is 0 Å². The normalized spacial score (nSPS) is 11.9. The fraction of sp³-hybridized carbons (Fsp3) is 0.722. The predicted molar refractivity (Wildman–Crippen MR) is 84.7 cm³/mol. The van der Waals surface area contributed by atoms with E-state index in [1.807, 2.05) is 0 Å². The van der Waals surface area contributed by atoms with E-state index in [0.717, 1.165) is 6.42 Å². The van der Waals surface area contributed by atoms with Gasteiger partial charge in [-0.3, -0.25) is 0 Å². The number of unbranched alkanes of at least 4 members (excludes halogenated alkanes) is 10. The number of hydrogen-bond acceptors (Lipinski definition) is 0. The number of hydrogen-bond donors (Lipinski definition) is 0. The first-order valence-corrected chi connectivity index (χ1v) is 8.02. The molecule has 0 rings (SSSR count). The molecule has 1 radical (unpaired) electrons. The van der Waals surface area contributed by atoms with Crippen molar-refractivity contribution < 1.29 is 0 Å². The van der Waals surface area contributed by atoms with E-state index >= 15 is 0 Å². The van der Waals surface area contributed by atoms with Gasteiger partial charge in [0.25, 0.3) is 0 Å². The Morgan fingerprint density at radius 1 is 0.667 bits per heavy atom. The molecule has 0 saturated carbocycles. The molecule has 0 aliphatic rings. The van der Waals surface area contributed by atoms with Gasteiger partial charge in [0.05, 0.1) is 0 Å². The van der Waals surface area contributed by atoms with Gasteiger partial charge in [-0.25, -0.2) is 0 Å². The summed E-state index contributed by atoms with van der Waals surface area (Å²) >= 11 is 0. The van der Waals surface area contributed by atoms with Crippen LogP contribution in [0.5, 0.6) is 0 Å². The summed E-state index contributed by atoms with van der Waals surface area (Å²) in [4.78, 5) is 0. The van der Waals surface area contributed by atoms with Gasteiger partial charge in [-0.15, -0.1) is 0 Å². The van der Waals surface area contributed by atoms with Crippen LogP contribution in [0, 0.1) is 6.92 Å². The SMILES string of the molecule is [CH2]CCCC=CC=CCCCCCCCCCC. The van der Waals surface area contributed by atoms with Gasteiger partial charge < -0.3 is 0 Å². The molecule has 0 aromatic rings. The van der Waals surface area contributed by atoms with Gasteiger partial charge in [0.15, 0.2) is 0 Å². The van der Waals surface area contributed by atoms with Gasteiger partial charge in [0.1, 0.15) is 0 Å².